The van der Waals surface area contributed by atoms with Crippen LogP contribution in [0.15, 0.2) is 0 Å². The molecule has 1 N–H and O–H groups in total. The van der Waals surface area contributed by atoms with E-state index in [1.54, 1.807) is 7.11 Å². The van der Waals surface area contributed by atoms with Crippen LogP contribution in [0.1, 0.15) is 20.3 Å². The van der Waals surface area contributed by atoms with Crippen LogP contribution < -0.4 is 5.32 Å². The summed E-state index contributed by atoms with van der Waals surface area (Å²) in [6.45, 7) is 6.11. The lowest BCUT2D eigenvalue weighted by Gasteiger charge is -2.25. The third-order valence-electron chi connectivity index (χ3n) is 1.63. The molecule has 0 heterocycles. The molecule has 0 bridgehead atoms. The Hall–Kier alpha value is 0.400. The molecule has 11 heavy (non-hydrogen) atoms. The van der Waals surface area contributed by atoms with E-state index in [0.29, 0.717) is 0 Å². The third kappa shape index (κ3) is 6.78. The third-order valence-corrected chi connectivity index (χ3v) is 2.03. The fourth-order valence-electron chi connectivity index (χ4n) is 0.816. The summed E-state index contributed by atoms with van der Waals surface area (Å²) >= 11 is 3.42. The number of hydrogen-bond acceptors (Lipinski definition) is 2. The highest BCUT2D eigenvalue weighted by Gasteiger charge is 2.14. The zero-order valence-corrected chi connectivity index (χ0v) is 9.20. The molecular formula is C8H18BrNO. The topological polar surface area (TPSA) is 21.3 Å². The number of ether oxygens (including phenoxy) is 1. The summed E-state index contributed by atoms with van der Waals surface area (Å²) in [7, 11) is 1.72. The Morgan fingerprint density at radius 2 is 2.09 bits per heavy atom. The van der Waals surface area contributed by atoms with Gasteiger partial charge in [-0.05, 0) is 20.3 Å². The summed E-state index contributed by atoms with van der Waals surface area (Å²) in [5.74, 6) is 0. The maximum atomic E-state index is 4.94. The summed E-state index contributed by atoms with van der Waals surface area (Å²) < 4.78 is 4.94. The van der Waals surface area contributed by atoms with Crippen molar-refractivity contribution >= 4 is 15.9 Å². The number of methoxy groups -OCH3 is 1. The monoisotopic (exact) mass is 223 g/mol. The van der Waals surface area contributed by atoms with Gasteiger partial charge in [-0.2, -0.15) is 0 Å². The maximum absolute atomic E-state index is 4.94. The van der Waals surface area contributed by atoms with Gasteiger partial charge in [0, 0.05) is 24.5 Å². The van der Waals surface area contributed by atoms with E-state index in [2.05, 4.69) is 35.1 Å². The number of halogens is 1. The zero-order valence-electron chi connectivity index (χ0n) is 7.61. The van der Waals surface area contributed by atoms with Gasteiger partial charge in [0.1, 0.15) is 0 Å². The quantitative estimate of drug-likeness (QED) is 0.548. The van der Waals surface area contributed by atoms with E-state index in [4.69, 9.17) is 4.74 Å². The SMILES string of the molecule is COCCNC(C)(C)CCBr. The Morgan fingerprint density at radius 1 is 1.45 bits per heavy atom. The van der Waals surface area contributed by atoms with Gasteiger partial charge in [-0.25, -0.2) is 0 Å². The van der Waals surface area contributed by atoms with E-state index in [9.17, 15) is 0 Å². The normalized spacial score (nSPS) is 12.0. The zero-order chi connectivity index (χ0) is 8.74. The lowest BCUT2D eigenvalue weighted by atomic mass is 10.0. The van der Waals surface area contributed by atoms with Gasteiger partial charge in [-0.3, -0.25) is 0 Å². The first kappa shape index (κ1) is 11.4. The van der Waals surface area contributed by atoms with Crippen LogP contribution in [0, 0.1) is 0 Å². The molecule has 3 heteroatoms. The standard InChI is InChI=1S/C8H18BrNO/c1-8(2,4-5-9)10-6-7-11-3/h10H,4-7H2,1-3H3. The van der Waals surface area contributed by atoms with Crippen molar-refractivity contribution in [1.29, 1.82) is 0 Å². The van der Waals surface area contributed by atoms with Gasteiger partial charge in [0.15, 0.2) is 0 Å². The highest BCUT2D eigenvalue weighted by atomic mass is 79.9. The molecule has 0 aromatic heterocycles. The Bertz CT molecular complexity index is 96.1. The first-order valence-corrected chi connectivity index (χ1v) is 5.04. The minimum Gasteiger partial charge on any atom is -0.383 e. The van der Waals surface area contributed by atoms with Gasteiger partial charge in [0.25, 0.3) is 0 Å². The Kier molecular flexibility index (Phi) is 6.19. The molecule has 0 aliphatic rings. The van der Waals surface area contributed by atoms with Crippen molar-refractivity contribution in [3.8, 4) is 0 Å². The van der Waals surface area contributed by atoms with Crippen LogP contribution in [-0.4, -0.2) is 31.1 Å². The van der Waals surface area contributed by atoms with Crippen molar-refractivity contribution in [2.45, 2.75) is 25.8 Å². The molecule has 0 amide bonds. The van der Waals surface area contributed by atoms with E-state index in [0.717, 1.165) is 24.9 Å². The van der Waals surface area contributed by atoms with E-state index < -0.39 is 0 Å². The number of hydrogen-bond donors (Lipinski definition) is 1. The minimum absolute atomic E-state index is 0.224. The molecule has 0 spiro atoms. The average Bonchev–Trinajstić information content (AvgIpc) is 1.87. The van der Waals surface area contributed by atoms with E-state index >= 15 is 0 Å². The van der Waals surface area contributed by atoms with Crippen LogP contribution >= 0.6 is 15.9 Å². The van der Waals surface area contributed by atoms with Gasteiger partial charge in [-0.15, -0.1) is 0 Å². The molecule has 0 saturated heterocycles. The molecule has 2 nitrogen and oxygen atoms in total. The lowest BCUT2D eigenvalue weighted by Crippen LogP contribution is -2.41. The molecule has 0 radical (unpaired) electrons. The lowest BCUT2D eigenvalue weighted by molar-refractivity contribution is 0.188. The summed E-state index contributed by atoms with van der Waals surface area (Å²) in [6, 6.07) is 0. The van der Waals surface area contributed by atoms with Crippen molar-refractivity contribution < 1.29 is 4.74 Å². The Labute approximate surface area is 77.8 Å². The summed E-state index contributed by atoms with van der Waals surface area (Å²) in [6.07, 6.45) is 1.14. The van der Waals surface area contributed by atoms with Gasteiger partial charge < -0.3 is 10.1 Å². The van der Waals surface area contributed by atoms with Crippen LogP contribution in [0.5, 0.6) is 0 Å². The Morgan fingerprint density at radius 3 is 2.55 bits per heavy atom. The molecule has 0 aromatic carbocycles. The molecule has 0 atom stereocenters. The van der Waals surface area contributed by atoms with Crippen molar-refractivity contribution in [3.05, 3.63) is 0 Å². The fraction of sp³-hybridized carbons (Fsp3) is 1.00. The van der Waals surface area contributed by atoms with Gasteiger partial charge in [0.05, 0.1) is 6.61 Å². The average molecular weight is 224 g/mol. The second-order valence-electron chi connectivity index (χ2n) is 3.24. The number of nitrogens with one attached hydrogen (secondary N) is 1. The maximum Gasteiger partial charge on any atom is 0.0587 e. The molecule has 0 unspecified atom stereocenters. The molecule has 0 fully saturated rings. The fourth-order valence-corrected chi connectivity index (χ4v) is 1.81. The van der Waals surface area contributed by atoms with Gasteiger partial charge >= 0.3 is 0 Å². The number of rotatable bonds is 6. The predicted octanol–water partition coefficient (Wildman–Crippen LogP) is 1.79. The Balaban J connectivity index is 3.38. The van der Waals surface area contributed by atoms with E-state index in [1.807, 2.05) is 0 Å². The van der Waals surface area contributed by atoms with Crippen molar-refractivity contribution in [1.82, 2.24) is 5.32 Å². The molecular weight excluding hydrogens is 206 g/mol. The highest BCUT2D eigenvalue weighted by Crippen LogP contribution is 2.08. The predicted molar refractivity (Wildman–Crippen MR) is 52.4 cm³/mol. The van der Waals surface area contributed by atoms with Crippen LogP contribution in [0.2, 0.25) is 0 Å². The molecule has 68 valence electrons. The first-order chi connectivity index (χ1) is 5.12. The van der Waals surface area contributed by atoms with Crippen molar-refractivity contribution in [2.24, 2.45) is 0 Å². The molecule has 0 aromatic rings. The second-order valence-corrected chi connectivity index (χ2v) is 4.04. The van der Waals surface area contributed by atoms with Crippen LogP contribution in [0.25, 0.3) is 0 Å². The van der Waals surface area contributed by atoms with Crippen LogP contribution in [-0.2, 0) is 4.74 Å². The molecule has 0 aliphatic carbocycles. The number of alkyl halides is 1. The molecule has 0 saturated carbocycles. The second kappa shape index (κ2) is 5.98. The first-order valence-electron chi connectivity index (χ1n) is 3.92. The van der Waals surface area contributed by atoms with Crippen molar-refractivity contribution in [2.75, 3.05) is 25.6 Å². The van der Waals surface area contributed by atoms with Crippen molar-refractivity contribution in [3.63, 3.8) is 0 Å². The van der Waals surface area contributed by atoms with Crippen LogP contribution in [0.3, 0.4) is 0 Å². The highest BCUT2D eigenvalue weighted by molar-refractivity contribution is 9.09. The smallest absolute Gasteiger partial charge is 0.0587 e. The largest absolute Gasteiger partial charge is 0.383 e. The summed E-state index contributed by atoms with van der Waals surface area (Å²) in [4.78, 5) is 0. The molecule has 0 rings (SSSR count). The van der Waals surface area contributed by atoms with Gasteiger partial charge in [-0.1, -0.05) is 15.9 Å². The van der Waals surface area contributed by atoms with E-state index in [1.165, 1.54) is 0 Å². The summed E-state index contributed by atoms with van der Waals surface area (Å²) in [5, 5.41) is 4.45. The van der Waals surface area contributed by atoms with Gasteiger partial charge in [0.2, 0.25) is 0 Å². The van der Waals surface area contributed by atoms with E-state index in [-0.39, 0.29) is 5.54 Å². The van der Waals surface area contributed by atoms with Crippen LogP contribution in [0.4, 0.5) is 0 Å². The molecule has 0 aliphatic heterocycles. The minimum atomic E-state index is 0.224. The summed E-state index contributed by atoms with van der Waals surface area (Å²) in [5.41, 5.74) is 0.224.